The van der Waals surface area contributed by atoms with Crippen LogP contribution in [0.5, 0.6) is 0 Å². The quantitative estimate of drug-likeness (QED) is 0.683. The van der Waals surface area contributed by atoms with Gasteiger partial charge in [0.2, 0.25) is 5.91 Å². The molecule has 0 aliphatic carbocycles. The molecule has 1 amide bonds. The Kier molecular flexibility index (Phi) is 6.06. The van der Waals surface area contributed by atoms with Crippen molar-refractivity contribution in [3.63, 3.8) is 0 Å². The summed E-state index contributed by atoms with van der Waals surface area (Å²) in [6.45, 7) is 4.99. The Balaban J connectivity index is 1.47. The summed E-state index contributed by atoms with van der Waals surface area (Å²) in [6.07, 6.45) is 0. The first-order valence-electron chi connectivity index (χ1n) is 10.1. The van der Waals surface area contributed by atoms with Crippen LogP contribution in [0.15, 0.2) is 60.7 Å². The standard InChI is InChI=1S/C23H26ClN5O/c1-17-15-21(25)29(26-17)16-22(30)27-11-13-28(14-12-27)23(18-5-3-2-4-6-18)19-7-9-20(24)10-8-19/h2-10,15,23H,11-14,16,25H2,1H3. The smallest absolute Gasteiger partial charge is 0.244 e. The van der Waals surface area contributed by atoms with Crippen LogP contribution in [-0.2, 0) is 11.3 Å². The third kappa shape index (κ3) is 4.50. The van der Waals surface area contributed by atoms with Gasteiger partial charge in [0, 0.05) is 37.3 Å². The number of amides is 1. The first-order chi connectivity index (χ1) is 14.5. The number of aryl methyl sites for hydroxylation is 1. The van der Waals surface area contributed by atoms with Gasteiger partial charge in [-0.15, -0.1) is 0 Å². The second-order valence-corrected chi connectivity index (χ2v) is 8.09. The van der Waals surface area contributed by atoms with E-state index in [0.29, 0.717) is 18.9 Å². The Labute approximate surface area is 181 Å². The number of anilines is 1. The molecular weight excluding hydrogens is 398 g/mol. The Morgan fingerprint density at radius 1 is 1.03 bits per heavy atom. The Hall–Kier alpha value is -2.83. The van der Waals surface area contributed by atoms with E-state index in [2.05, 4.69) is 46.4 Å². The van der Waals surface area contributed by atoms with Crippen LogP contribution in [0.25, 0.3) is 0 Å². The van der Waals surface area contributed by atoms with Crippen molar-refractivity contribution in [3.8, 4) is 0 Å². The fraction of sp³-hybridized carbons (Fsp3) is 0.304. The number of nitrogens with zero attached hydrogens (tertiary/aromatic N) is 4. The molecule has 6 nitrogen and oxygen atoms in total. The van der Waals surface area contributed by atoms with Crippen molar-refractivity contribution in [2.24, 2.45) is 0 Å². The van der Waals surface area contributed by atoms with Crippen LogP contribution >= 0.6 is 11.6 Å². The van der Waals surface area contributed by atoms with Gasteiger partial charge in [0.15, 0.2) is 0 Å². The average molecular weight is 424 g/mol. The van der Waals surface area contributed by atoms with E-state index >= 15 is 0 Å². The van der Waals surface area contributed by atoms with Crippen LogP contribution in [0.4, 0.5) is 5.82 Å². The van der Waals surface area contributed by atoms with Crippen LogP contribution in [0.3, 0.4) is 0 Å². The minimum Gasteiger partial charge on any atom is -0.384 e. The first-order valence-corrected chi connectivity index (χ1v) is 10.5. The number of nitrogens with two attached hydrogens (primary N) is 1. The molecule has 0 bridgehead atoms. The van der Waals surface area contributed by atoms with Gasteiger partial charge in [-0.3, -0.25) is 9.69 Å². The highest BCUT2D eigenvalue weighted by Crippen LogP contribution is 2.30. The zero-order valence-corrected chi connectivity index (χ0v) is 17.8. The minimum absolute atomic E-state index is 0.0483. The van der Waals surface area contributed by atoms with E-state index in [4.69, 9.17) is 17.3 Å². The largest absolute Gasteiger partial charge is 0.384 e. The molecule has 30 heavy (non-hydrogen) atoms. The van der Waals surface area contributed by atoms with Crippen molar-refractivity contribution in [3.05, 3.63) is 82.5 Å². The van der Waals surface area contributed by atoms with Crippen LogP contribution in [0, 0.1) is 6.92 Å². The molecule has 2 N–H and O–H groups in total. The molecule has 1 aliphatic heterocycles. The van der Waals surface area contributed by atoms with E-state index in [1.165, 1.54) is 11.1 Å². The van der Waals surface area contributed by atoms with Crippen molar-refractivity contribution in [1.82, 2.24) is 19.6 Å². The average Bonchev–Trinajstić information content (AvgIpc) is 3.07. The topological polar surface area (TPSA) is 67.4 Å². The number of carbonyl (C=O) groups excluding carboxylic acids is 1. The number of hydrogen-bond acceptors (Lipinski definition) is 4. The molecule has 1 unspecified atom stereocenters. The Morgan fingerprint density at radius 3 is 2.27 bits per heavy atom. The maximum absolute atomic E-state index is 12.8. The normalized spacial score (nSPS) is 15.9. The molecule has 2 aromatic carbocycles. The predicted octanol–water partition coefficient (Wildman–Crippen LogP) is 3.36. The lowest BCUT2D eigenvalue weighted by atomic mass is 9.96. The molecule has 1 fully saturated rings. The van der Waals surface area contributed by atoms with Gasteiger partial charge in [0.25, 0.3) is 0 Å². The molecule has 1 aromatic heterocycles. The predicted molar refractivity (Wildman–Crippen MR) is 119 cm³/mol. The lowest BCUT2D eigenvalue weighted by Gasteiger charge is -2.39. The van der Waals surface area contributed by atoms with Crippen molar-refractivity contribution < 1.29 is 4.79 Å². The van der Waals surface area contributed by atoms with Crippen LogP contribution in [0.2, 0.25) is 5.02 Å². The Bertz CT molecular complexity index is 994. The third-order valence-electron chi connectivity index (χ3n) is 5.55. The number of aromatic nitrogens is 2. The summed E-state index contributed by atoms with van der Waals surface area (Å²) < 4.78 is 1.57. The van der Waals surface area contributed by atoms with E-state index in [0.717, 1.165) is 23.8 Å². The number of nitrogen functional groups attached to an aromatic ring is 1. The fourth-order valence-corrected chi connectivity index (χ4v) is 4.17. The molecule has 7 heteroatoms. The molecule has 0 radical (unpaired) electrons. The molecule has 1 atom stereocenters. The van der Waals surface area contributed by atoms with Gasteiger partial charge in [-0.05, 0) is 30.2 Å². The molecular formula is C23H26ClN5O. The summed E-state index contributed by atoms with van der Waals surface area (Å²) in [5.74, 6) is 0.568. The zero-order valence-electron chi connectivity index (χ0n) is 17.0. The summed E-state index contributed by atoms with van der Waals surface area (Å²) in [7, 11) is 0. The number of benzene rings is 2. The fourth-order valence-electron chi connectivity index (χ4n) is 4.04. The van der Waals surface area contributed by atoms with Gasteiger partial charge < -0.3 is 10.6 Å². The third-order valence-corrected chi connectivity index (χ3v) is 5.80. The van der Waals surface area contributed by atoms with Crippen LogP contribution in [0.1, 0.15) is 22.9 Å². The number of piperazine rings is 1. The number of hydrogen-bond donors (Lipinski definition) is 1. The van der Waals surface area contributed by atoms with Gasteiger partial charge >= 0.3 is 0 Å². The van der Waals surface area contributed by atoms with Gasteiger partial charge in [0.05, 0.1) is 11.7 Å². The second-order valence-electron chi connectivity index (χ2n) is 7.65. The maximum Gasteiger partial charge on any atom is 0.244 e. The zero-order chi connectivity index (χ0) is 21.1. The van der Waals surface area contributed by atoms with E-state index in [1.807, 2.05) is 30.0 Å². The van der Waals surface area contributed by atoms with E-state index in [1.54, 1.807) is 10.7 Å². The lowest BCUT2D eigenvalue weighted by Crippen LogP contribution is -2.50. The van der Waals surface area contributed by atoms with Gasteiger partial charge in [-0.25, -0.2) is 4.68 Å². The van der Waals surface area contributed by atoms with E-state index in [-0.39, 0.29) is 18.5 Å². The first kappa shape index (κ1) is 20.4. The molecule has 1 saturated heterocycles. The molecule has 0 spiro atoms. The lowest BCUT2D eigenvalue weighted by molar-refractivity contribution is -0.134. The molecule has 2 heterocycles. The van der Waals surface area contributed by atoms with E-state index in [9.17, 15) is 4.79 Å². The highest BCUT2D eigenvalue weighted by molar-refractivity contribution is 6.30. The summed E-state index contributed by atoms with van der Waals surface area (Å²) in [4.78, 5) is 17.1. The second kappa shape index (κ2) is 8.90. The summed E-state index contributed by atoms with van der Waals surface area (Å²) >= 11 is 6.11. The van der Waals surface area contributed by atoms with Gasteiger partial charge in [-0.1, -0.05) is 54.1 Å². The van der Waals surface area contributed by atoms with Crippen molar-refractivity contribution in [2.75, 3.05) is 31.9 Å². The number of carbonyl (C=O) groups is 1. The summed E-state index contributed by atoms with van der Waals surface area (Å²) in [5.41, 5.74) is 9.19. The van der Waals surface area contributed by atoms with E-state index < -0.39 is 0 Å². The van der Waals surface area contributed by atoms with Crippen LogP contribution in [-0.4, -0.2) is 51.7 Å². The molecule has 0 saturated carbocycles. The van der Waals surface area contributed by atoms with Crippen molar-refractivity contribution in [1.29, 1.82) is 0 Å². The maximum atomic E-state index is 12.8. The molecule has 156 valence electrons. The minimum atomic E-state index is 0.0483. The van der Waals surface area contributed by atoms with Crippen molar-refractivity contribution >= 4 is 23.3 Å². The summed E-state index contributed by atoms with van der Waals surface area (Å²) in [6, 6.07) is 20.4. The van der Waals surface area contributed by atoms with Gasteiger partial charge in [-0.2, -0.15) is 5.10 Å². The monoisotopic (exact) mass is 423 g/mol. The number of rotatable bonds is 5. The SMILES string of the molecule is Cc1cc(N)n(CC(=O)N2CCN(C(c3ccccc3)c3ccc(Cl)cc3)CC2)n1. The van der Waals surface area contributed by atoms with Crippen LogP contribution < -0.4 is 5.73 Å². The molecule has 1 aliphatic rings. The highest BCUT2D eigenvalue weighted by Gasteiger charge is 2.28. The van der Waals surface area contributed by atoms with Gasteiger partial charge in [0.1, 0.15) is 12.4 Å². The summed E-state index contributed by atoms with van der Waals surface area (Å²) in [5, 5.41) is 5.03. The molecule has 4 rings (SSSR count). The van der Waals surface area contributed by atoms with Crippen molar-refractivity contribution in [2.45, 2.75) is 19.5 Å². The highest BCUT2D eigenvalue weighted by atomic mass is 35.5. The Morgan fingerprint density at radius 2 is 1.67 bits per heavy atom. The molecule has 3 aromatic rings. The number of halogens is 1.